The molecule has 0 N–H and O–H groups in total. The summed E-state index contributed by atoms with van der Waals surface area (Å²) in [6.45, 7) is 3.79. The summed E-state index contributed by atoms with van der Waals surface area (Å²) in [5.41, 5.74) is 3.90. The Kier molecular flexibility index (Phi) is 4.89. The monoisotopic (exact) mass is 248 g/mol. The third-order valence-electron chi connectivity index (χ3n) is 2.99. The lowest BCUT2D eigenvalue weighted by atomic mass is 9.95. The van der Waals surface area contributed by atoms with Crippen LogP contribution in [-0.4, -0.2) is 11.9 Å². The number of carbonyl (C=O) groups excluding carboxylic acids is 2. The van der Waals surface area contributed by atoms with Crippen molar-refractivity contribution in [2.45, 2.75) is 39.5 Å². The third kappa shape index (κ3) is 4.20. The minimum Gasteiger partial charge on any atom is -0.550 e. The molecule has 0 aliphatic heterocycles. The lowest BCUT2D eigenvalue weighted by molar-refractivity contribution is -0.307. The molecular weight excluding hydrogens is 232 g/mol. The molecular formula is C14H16O4-2. The van der Waals surface area contributed by atoms with E-state index in [1.807, 2.05) is 26.0 Å². The summed E-state index contributed by atoms with van der Waals surface area (Å²) in [7, 11) is 0. The zero-order valence-corrected chi connectivity index (χ0v) is 10.6. The van der Waals surface area contributed by atoms with Crippen LogP contribution in [0.2, 0.25) is 0 Å². The fourth-order valence-corrected chi connectivity index (χ4v) is 1.95. The Labute approximate surface area is 106 Å². The summed E-state index contributed by atoms with van der Waals surface area (Å²) in [6.07, 6.45) is 0.878. The van der Waals surface area contributed by atoms with Crippen LogP contribution in [0.5, 0.6) is 0 Å². The van der Waals surface area contributed by atoms with E-state index in [0.29, 0.717) is 12.8 Å². The summed E-state index contributed by atoms with van der Waals surface area (Å²) in [5, 5.41) is 20.9. The Bertz CT molecular complexity index is 419. The Hall–Kier alpha value is -1.84. The molecule has 0 bridgehead atoms. The van der Waals surface area contributed by atoms with E-state index in [1.54, 1.807) is 0 Å². The van der Waals surface area contributed by atoms with Gasteiger partial charge >= 0.3 is 0 Å². The van der Waals surface area contributed by atoms with E-state index in [0.717, 1.165) is 22.3 Å². The van der Waals surface area contributed by atoms with Crippen LogP contribution in [0.15, 0.2) is 12.1 Å². The molecule has 0 radical (unpaired) electrons. The van der Waals surface area contributed by atoms with Crippen molar-refractivity contribution in [2.75, 3.05) is 0 Å². The van der Waals surface area contributed by atoms with Gasteiger partial charge in [-0.2, -0.15) is 0 Å². The lowest BCUT2D eigenvalue weighted by Crippen LogP contribution is -2.23. The second kappa shape index (κ2) is 6.19. The first-order chi connectivity index (χ1) is 8.40. The average molecular weight is 248 g/mol. The smallest absolute Gasteiger partial charge is 0.0417 e. The largest absolute Gasteiger partial charge is 0.550 e. The molecule has 0 spiro atoms. The molecule has 98 valence electrons. The van der Waals surface area contributed by atoms with Gasteiger partial charge in [0.1, 0.15) is 0 Å². The molecule has 1 aromatic carbocycles. The highest BCUT2D eigenvalue weighted by Gasteiger charge is 2.05. The number of hydrogen-bond acceptors (Lipinski definition) is 4. The van der Waals surface area contributed by atoms with Crippen molar-refractivity contribution in [1.29, 1.82) is 0 Å². The van der Waals surface area contributed by atoms with Gasteiger partial charge in [-0.15, -0.1) is 0 Å². The number of carbonyl (C=O) groups is 2. The highest BCUT2D eigenvalue weighted by Crippen LogP contribution is 2.18. The lowest BCUT2D eigenvalue weighted by Gasteiger charge is -2.13. The van der Waals surface area contributed by atoms with E-state index in [2.05, 4.69) is 0 Å². The van der Waals surface area contributed by atoms with Gasteiger partial charge in [0.05, 0.1) is 0 Å². The van der Waals surface area contributed by atoms with E-state index in [4.69, 9.17) is 0 Å². The standard InChI is InChI=1S/C14H18O4/c1-9-7-12(4-6-14(17)18)10(2)8-11(9)3-5-13(15)16/h7-8H,3-6H2,1-2H3,(H,15,16)(H,17,18)/p-2. The van der Waals surface area contributed by atoms with E-state index in [-0.39, 0.29) is 12.8 Å². The normalized spacial score (nSPS) is 10.3. The first-order valence-electron chi connectivity index (χ1n) is 5.89. The summed E-state index contributed by atoms with van der Waals surface area (Å²) >= 11 is 0. The second-order valence-electron chi connectivity index (χ2n) is 4.45. The molecule has 0 saturated carbocycles. The van der Waals surface area contributed by atoms with Gasteiger partial charge in [-0.25, -0.2) is 0 Å². The van der Waals surface area contributed by atoms with E-state index >= 15 is 0 Å². The van der Waals surface area contributed by atoms with Crippen LogP contribution in [-0.2, 0) is 22.4 Å². The van der Waals surface area contributed by atoms with Gasteiger partial charge in [-0.3, -0.25) is 0 Å². The summed E-state index contributed by atoms with van der Waals surface area (Å²) in [5.74, 6) is -2.12. The number of rotatable bonds is 6. The minimum absolute atomic E-state index is 0.00132. The Morgan fingerprint density at radius 1 is 0.889 bits per heavy atom. The highest BCUT2D eigenvalue weighted by atomic mass is 16.4. The number of benzene rings is 1. The van der Waals surface area contributed by atoms with Crippen LogP contribution in [0.25, 0.3) is 0 Å². The fourth-order valence-electron chi connectivity index (χ4n) is 1.95. The Morgan fingerprint density at radius 2 is 1.22 bits per heavy atom. The van der Waals surface area contributed by atoms with Crippen molar-refractivity contribution in [3.8, 4) is 0 Å². The van der Waals surface area contributed by atoms with Crippen molar-refractivity contribution in [1.82, 2.24) is 0 Å². The summed E-state index contributed by atoms with van der Waals surface area (Å²) in [4.78, 5) is 20.9. The van der Waals surface area contributed by atoms with Crippen LogP contribution in [0, 0.1) is 13.8 Å². The molecule has 0 saturated heterocycles. The first kappa shape index (κ1) is 14.2. The van der Waals surface area contributed by atoms with Gasteiger partial charge in [0.2, 0.25) is 0 Å². The molecule has 1 rings (SSSR count). The number of hydrogen-bond donors (Lipinski definition) is 0. The van der Waals surface area contributed by atoms with Gasteiger partial charge in [0, 0.05) is 11.9 Å². The number of carboxylic acid groups (broad SMARTS) is 2. The second-order valence-corrected chi connectivity index (χ2v) is 4.45. The third-order valence-corrected chi connectivity index (χ3v) is 2.99. The van der Waals surface area contributed by atoms with Crippen molar-refractivity contribution in [3.05, 3.63) is 34.4 Å². The Morgan fingerprint density at radius 3 is 1.50 bits per heavy atom. The maximum atomic E-state index is 10.4. The molecule has 0 fully saturated rings. The van der Waals surface area contributed by atoms with E-state index in [1.165, 1.54) is 0 Å². The molecule has 0 unspecified atom stereocenters. The minimum atomic E-state index is -1.06. The number of carboxylic acids is 2. The first-order valence-corrected chi connectivity index (χ1v) is 5.89. The van der Waals surface area contributed by atoms with Crippen LogP contribution in [0.4, 0.5) is 0 Å². The van der Waals surface area contributed by atoms with Gasteiger partial charge < -0.3 is 19.8 Å². The average Bonchev–Trinajstić information content (AvgIpc) is 2.27. The fraction of sp³-hybridized carbons (Fsp3) is 0.429. The van der Waals surface area contributed by atoms with E-state index in [9.17, 15) is 19.8 Å². The zero-order chi connectivity index (χ0) is 13.7. The number of aliphatic carboxylic acids is 2. The van der Waals surface area contributed by atoms with E-state index < -0.39 is 11.9 Å². The molecule has 0 aromatic heterocycles. The Balaban J connectivity index is 2.82. The molecule has 0 atom stereocenters. The van der Waals surface area contributed by atoms with Crippen LogP contribution < -0.4 is 10.2 Å². The summed E-state index contributed by atoms with van der Waals surface area (Å²) in [6, 6.07) is 3.84. The maximum Gasteiger partial charge on any atom is 0.0417 e. The molecule has 0 aliphatic carbocycles. The van der Waals surface area contributed by atoms with Gasteiger partial charge in [-0.05, 0) is 61.8 Å². The van der Waals surface area contributed by atoms with Crippen molar-refractivity contribution >= 4 is 11.9 Å². The molecule has 1 aromatic rings. The highest BCUT2D eigenvalue weighted by molar-refractivity contribution is 5.65. The topological polar surface area (TPSA) is 80.3 Å². The zero-order valence-electron chi connectivity index (χ0n) is 10.6. The SMILES string of the molecule is Cc1cc(CCC(=O)[O-])c(C)cc1CCC(=O)[O-]. The van der Waals surface area contributed by atoms with Crippen LogP contribution in [0.1, 0.15) is 35.1 Å². The quantitative estimate of drug-likeness (QED) is 0.690. The van der Waals surface area contributed by atoms with Crippen molar-refractivity contribution in [2.24, 2.45) is 0 Å². The van der Waals surface area contributed by atoms with Crippen LogP contribution in [0.3, 0.4) is 0 Å². The molecule has 18 heavy (non-hydrogen) atoms. The molecule has 4 heteroatoms. The van der Waals surface area contributed by atoms with Gasteiger partial charge in [0.15, 0.2) is 0 Å². The molecule has 4 nitrogen and oxygen atoms in total. The molecule has 0 aliphatic rings. The maximum absolute atomic E-state index is 10.4. The van der Waals surface area contributed by atoms with Gasteiger partial charge in [-0.1, -0.05) is 12.1 Å². The summed E-state index contributed by atoms with van der Waals surface area (Å²) < 4.78 is 0. The molecule has 0 heterocycles. The van der Waals surface area contributed by atoms with Crippen molar-refractivity contribution < 1.29 is 19.8 Å². The van der Waals surface area contributed by atoms with Gasteiger partial charge in [0.25, 0.3) is 0 Å². The molecule has 0 amide bonds. The predicted molar refractivity (Wildman–Crippen MR) is 62.6 cm³/mol. The van der Waals surface area contributed by atoms with Crippen LogP contribution >= 0.6 is 0 Å². The van der Waals surface area contributed by atoms with Crippen molar-refractivity contribution in [3.63, 3.8) is 0 Å². The predicted octanol–water partition coefficient (Wildman–Crippen LogP) is -0.332. The number of aryl methyl sites for hydroxylation is 4.